The maximum absolute atomic E-state index is 12.7. The third-order valence-corrected chi connectivity index (χ3v) is 7.04. The molecular formula is C21H23N3O4S2. The molecule has 30 heavy (non-hydrogen) atoms. The maximum atomic E-state index is 12.7. The number of hydrogen-bond acceptors (Lipinski definition) is 7. The lowest BCUT2D eigenvalue weighted by Gasteiger charge is -2.13. The highest BCUT2D eigenvalue weighted by Gasteiger charge is 2.38. The van der Waals surface area contributed by atoms with Gasteiger partial charge in [-0.05, 0) is 75.6 Å². The molecule has 0 spiro atoms. The molecule has 2 aromatic carbocycles. The number of benzene rings is 2. The predicted molar refractivity (Wildman–Crippen MR) is 120 cm³/mol. The number of carbonyl (C=O) groups is 1. The minimum atomic E-state index is -3.95. The van der Waals surface area contributed by atoms with Gasteiger partial charge in [0.25, 0.3) is 0 Å². The lowest BCUT2D eigenvalue weighted by atomic mass is 10.1. The van der Waals surface area contributed by atoms with E-state index in [0.717, 1.165) is 5.56 Å². The molecule has 1 N–H and O–H groups in total. The first kappa shape index (κ1) is 22.0. The van der Waals surface area contributed by atoms with Crippen LogP contribution in [-0.4, -0.2) is 30.5 Å². The normalized spacial score (nSPS) is 17.5. The van der Waals surface area contributed by atoms with E-state index < -0.39 is 14.9 Å². The molecule has 1 amide bonds. The Hall–Kier alpha value is -2.65. The number of thioether (sulfide) groups is 1. The van der Waals surface area contributed by atoms with E-state index in [1.807, 2.05) is 32.9 Å². The summed E-state index contributed by atoms with van der Waals surface area (Å²) in [6.45, 7) is 9.05. The van der Waals surface area contributed by atoms with E-state index in [1.165, 1.54) is 18.0 Å². The van der Waals surface area contributed by atoms with Crippen LogP contribution in [0.2, 0.25) is 0 Å². The van der Waals surface area contributed by atoms with Crippen molar-refractivity contribution in [1.82, 2.24) is 5.32 Å². The molecule has 1 aliphatic heterocycles. The first-order valence-electron chi connectivity index (χ1n) is 9.22. The van der Waals surface area contributed by atoms with E-state index >= 15 is 0 Å². The monoisotopic (exact) mass is 445 g/mol. The van der Waals surface area contributed by atoms with Crippen LogP contribution in [0.3, 0.4) is 0 Å². The Bertz CT molecular complexity index is 1130. The highest BCUT2D eigenvalue weighted by Crippen LogP contribution is 2.30. The van der Waals surface area contributed by atoms with Gasteiger partial charge in [0.05, 0.1) is 11.0 Å². The number of amidine groups is 1. The van der Waals surface area contributed by atoms with Crippen molar-refractivity contribution in [1.29, 1.82) is 0 Å². The predicted octanol–water partition coefficient (Wildman–Crippen LogP) is 3.71. The van der Waals surface area contributed by atoms with Crippen LogP contribution >= 0.6 is 11.8 Å². The molecule has 0 aliphatic carbocycles. The molecule has 0 atom stereocenters. The molecule has 3 rings (SSSR count). The van der Waals surface area contributed by atoms with Gasteiger partial charge in [0, 0.05) is 0 Å². The zero-order chi connectivity index (χ0) is 22.1. The van der Waals surface area contributed by atoms with Gasteiger partial charge in [-0.3, -0.25) is 4.79 Å². The zero-order valence-electron chi connectivity index (χ0n) is 17.4. The van der Waals surface area contributed by atoms with Crippen LogP contribution < -0.4 is 9.50 Å². The van der Waals surface area contributed by atoms with Crippen LogP contribution in [0.4, 0.5) is 0 Å². The van der Waals surface area contributed by atoms with Crippen molar-refractivity contribution in [3.63, 3.8) is 0 Å². The number of amides is 1. The SMILES string of the molecule is Cc1cc(C)c(S(=O)(=O)Oc2ccc(/C=N\N=C3\NC(=O)C(C)(C)S3)cc2)c(C)c1. The van der Waals surface area contributed by atoms with Gasteiger partial charge in [-0.2, -0.15) is 13.5 Å². The van der Waals surface area contributed by atoms with Crippen molar-refractivity contribution in [2.24, 2.45) is 10.2 Å². The molecule has 7 nitrogen and oxygen atoms in total. The summed E-state index contributed by atoms with van der Waals surface area (Å²) in [5, 5.41) is 11.1. The molecule has 1 fully saturated rings. The summed E-state index contributed by atoms with van der Waals surface area (Å²) in [6, 6.07) is 10.1. The largest absolute Gasteiger partial charge is 0.379 e. The number of rotatable bonds is 5. The minimum Gasteiger partial charge on any atom is -0.379 e. The molecule has 0 bridgehead atoms. The first-order valence-corrected chi connectivity index (χ1v) is 11.4. The summed E-state index contributed by atoms with van der Waals surface area (Å²) >= 11 is 1.31. The number of hydrogen-bond donors (Lipinski definition) is 1. The fraction of sp³-hybridized carbons (Fsp3) is 0.286. The Kier molecular flexibility index (Phi) is 6.05. The molecule has 1 saturated heterocycles. The van der Waals surface area contributed by atoms with Crippen molar-refractivity contribution >= 4 is 39.2 Å². The number of carbonyl (C=O) groups excluding carboxylic acids is 1. The van der Waals surface area contributed by atoms with Crippen LogP contribution in [0, 0.1) is 20.8 Å². The Morgan fingerprint density at radius 1 is 1.07 bits per heavy atom. The molecule has 0 unspecified atom stereocenters. The topological polar surface area (TPSA) is 97.2 Å². The van der Waals surface area contributed by atoms with Gasteiger partial charge in [-0.15, -0.1) is 5.10 Å². The van der Waals surface area contributed by atoms with E-state index in [0.29, 0.717) is 21.9 Å². The lowest BCUT2D eigenvalue weighted by Crippen LogP contribution is -2.30. The van der Waals surface area contributed by atoms with Gasteiger partial charge in [0.1, 0.15) is 10.6 Å². The van der Waals surface area contributed by atoms with Gasteiger partial charge < -0.3 is 9.50 Å². The molecule has 0 aromatic heterocycles. The second-order valence-electron chi connectivity index (χ2n) is 7.55. The Balaban J connectivity index is 1.71. The highest BCUT2D eigenvalue weighted by molar-refractivity contribution is 8.16. The van der Waals surface area contributed by atoms with Gasteiger partial charge in [-0.1, -0.05) is 29.5 Å². The Morgan fingerprint density at radius 3 is 2.20 bits per heavy atom. The van der Waals surface area contributed by atoms with Crippen LogP contribution in [0.15, 0.2) is 51.5 Å². The van der Waals surface area contributed by atoms with Gasteiger partial charge in [0.15, 0.2) is 5.17 Å². The molecule has 1 heterocycles. The average molecular weight is 446 g/mol. The van der Waals surface area contributed by atoms with Crippen molar-refractivity contribution in [2.45, 2.75) is 44.3 Å². The van der Waals surface area contributed by atoms with Crippen LogP contribution in [0.25, 0.3) is 0 Å². The quantitative estimate of drug-likeness (QED) is 0.430. The summed E-state index contributed by atoms with van der Waals surface area (Å²) in [5.74, 6) is 0.0985. The lowest BCUT2D eigenvalue weighted by molar-refractivity contribution is -0.120. The average Bonchev–Trinajstić information content (AvgIpc) is 2.87. The molecular weight excluding hydrogens is 422 g/mol. The third kappa shape index (κ3) is 4.91. The molecule has 158 valence electrons. The Labute approximate surface area is 180 Å². The van der Waals surface area contributed by atoms with Gasteiger partial charge >= 0.3 is 10.1 Å². The van der Waals surface area contributed by atoms with Crippen molar-refractivity contribution in [3.05, 3.63) is 58.7 Å². The summed E-state index contributed by atoms with van der Waals surface area (Å²) < 4.78 is 30.2. The maximum Gasteiger partial charge on any atom is 0.339 e. The van der Waals surface area contributed by atoms with Gasteiger partial charge in [-0.25, -0.2) is 0 Å². The number of nitrogens with zero attached hydrogens (tertiary/aromatic N) is 2. The summed E-state index contributed by atoms with van der Waals surface area (Å²) in [6.07, 6.45) is 1.51. The first-order chi connectivity index (χ1) is 14.0. The smallest absolute Gasteiger partial charge is 0.339 e. The molecule has 2 aromatic rings. The van der Waals surface area contributed by atoms with E-state index in [1.54, 1.807) is 38.1 Å². The van der Waals surface area contributed by atoms with E-state index in [9.17, 15) is 13.2 Å². The molecule has 0 saturated carbocycles. The van der Waals surface area contributed by atoms with E-state index in [4.69, 9.17) is 4.18 Å². The minimum absolute atomic E-state index is 0.108. The fourth-order valence-electron chi connectivity index (χ4n) is 3.09. The second kappa shape index (κ2) is 8.23. The standard InChI is InChI=1S/C21H23N3O4S2/c1-13-10-14(2)18(15(3)11-13)30(26,27)28-17-8-6-16(7-9-17)12-22-24-20-23-19(25)21(4,5)29-20/h6-12H,1-5H3,(H,23,24,25)/b22-12-. The second-order valence-corrected chi connectivity index (χ2v) is 10.6. The third-order valence-electron chi connectivity index (χ3n) is 4.42. The highest BCUT2D eigenvalue weighted by atomic mass is 32.2. The summed E-state index contributed by atoms with van der Waals surface area (Å²) in [4.78, 5) is 11.9. The molecule has 0 radical (unpaired) electrons. The van der Waals surface area contributed by atoms with E-state index in [-0.39, 0.29) is 16.6 Å². The molecule has 1 aliphatic rings. The number of aryl methyl sites for hydroxylation is 3. The van der Waals surface area contributed by atoms with E-state index in [2.05, 4.69) is 15.5 Å². The summed E-state index contributed by atoms with van der Waals surface area (Å²) in [7, 11) is -3.95. The zero-order valence-corrected chi connectivity index (χ0v) is 19.0. The number of nitrogens with one attached hydrogen (secondary N) is 1. The van der Waals surface area contributed by atoms with Crippen LogP contribution in [0.1, 0.15) is 36.1 Å². The van der Waals surface area contributed by atoms with Crippen LogP contribution in [-0.2, 0) is 14.9 Å². The fourth-order valence-corrected chi connectivity index (χ4v) is 5.31. The Morgan fingerprint density at radius 2 is 1.67 bits per heavy atom. The van der Waals surface area contributed by atoms with Crippen molar-refractivity contribution in [3.8, 4) is 5.75 Å². The summed E-state index contributed by atoms with van der Waals surface area (Å²) in [5.41, 5.74) is 3.00. The van der Waals surface area contributed by atoms with Crippen LogP contribution in [0.5, 0.6) is 5.75 Å². The van der Waals surface area contributed by atoms with Crippen molar-refractivity contribution < 1.29 is 17.4 Å². The van der Waals surface area contributed by atoms with Crippen molar-refractivity contribution in [2.75, 3.05) is 0 Å². The van der Waals surface area contributed by atoms with Gasteiger partial charge in [0.2, 0.25) is 5.91 Å². The molecule has 9 heteroatoms.